The van der Waals surface area contributed by atoms with Crippen molar-refractivity contribution in [1.82, 2.24) is 29.1 Å². The molecule has 0 radical (unpaired) electrons. The van der Waals surface area contributed by atoms with Crippen LogP contribution in [0.1, 0.15) is 12.0 Å². The van der Waals surface area contributed by atoms with Crippen LogP contribution in [0.4, 0.5) is 11.6 Å². The van der Waals surface area contributed by atoms with Gasteiger partial charge >= 0.3 is 0 Å². The Labute approximate surface area is 218 Å². The number of benzene rings is 2. The normalized spacial score (nSPS) is 11.9. The molecule has 0 aliphatic heterocycles. The number of anilines is 2. The van der Waals surface area contributed by atoms with Crippen molar-refractivity contribution in [2.24, 2.45) is 0 Å². The Morgan fingerprint density at radius 3 is 2.49 bits per heavy atom. The van der Waals surface area contributed by atoms with E-state index in [2.05, 4.69) is 37.1 Å². The minimum atomic E-state index is -3.55. The number of imidazole rings is 1. The Kier molecular flexibility index (Phi) is 8.78. The zero-order valence-electron chi connectivity index (χ0n) is 20.9. The quantitative estimate of drug-likeness (QED) is 0.273. The lowest BCUT2D eigenvalue weighted by molar-refractivity contribution is 0.400. The van der Waals surface area contributed by atoms with Gasteiger partial charge in [-0.25, -0.2) is 28.1 Å². The summed E-state index contributed by atoms with van der Waals surface area (Å²) in [6.07, 6.45) is 12.1. The summed E-state index contributed by atoms with van der Waals surface area (Å²) in [7, 11) is 0.368. The number of aromatic nitrogens is 4. The fraction of sp³-hybridized carbons (Fsp3) is 0.222. The van der Waals surface area contributed by atoms with Crippen LogP contribution in [0.3, 0.4) is 0 Å². The van der Waals surface area contributed by atoms with Gasteiger partial charge in [0.1, 0.15) is 0 Å². The van der Waals surface area contributed by atoms with Crippen LogP contribution in [0.25, 0.3) is 17.3 Å². The molecule has 0 unspecified atom stereocenters. The number of nitrogens with zero attached hydrogens (tertiary/aromatic N) is 5. The van der Waals surface area contributed by atoms with Crippen LogP contribution in [0.2, 0.25) is 0 Å². The smallest absolute Gasteiger partial charge is 0.240 e. The zero-order valence-corrected chi connectivity index (χ0v) is 21.8. The molecule has 2 aromatic heterocycles. The highest BCUT2D eigenvalue weighted by molar-refractivity contribution is 7.89. The van der Waals surface area contributed by atoms with Crippen molar-refractivity contribution in [2.45, 2.75) is 17.9 Å². The molecule has 0 saturated heterocycles. The Balaban J connectivity index is 1.36. The molecule has 9 nitrogen and oxygen atoms in total. The van der Waals surface area contributed by atoms with Gasteiger partial charge in [0.2, 0.25) is 16.0 Å². The number of hydrogen-bond acceptors (Lipinski definition) is 7. The van der Waals surface area contributed by atoms with E-state index in [1.54, 1.807) is 43.0 Å². The average Bonchev–Trinajstić information content (AvgIpc) is 3.41. The van der Waals surface area contributed by atoms with E-state index in [-0.39, 0.29) is 4.90 Å². The lowest BCUT2D eigenvalue weighted by Gasteiger charge is -2.11. The summed E-state index contributed by atoms with van der Waals surface area (Å²) in [4.78, 5) is 15.2. The Morgan fingerprint density at radius 1 is 1.00 bits per heavy atom. The summed E-state index contributed by atoms with van der Waals surface area (Å²) < 4.78 is 29.6. The molecule has 2 N–H and O–H groups in total. The molecule has 0 saturated carbocycles. The summed E-state index contributed by atoms with van der Waals surface area (Å²) in [5, 5.41) is 3.15. The third-order valence-electron chi connectivity index (χ3n) is 5.54. The van der Waals surface area contributed by atoms with Crippen LogP contribution < -0.4 is 10.0 Å². The zero-order chi connectivity index (χ0) is 26.1. The molecule has 0 spiro atoms. The van der Waals surface area contributed by atoms with Gasteiger partial charge in [0.25, 0.3) is 0 Å². The van der Waals surface area contributed by atoms with Crippen LogP contribution >= 0.6 is 0 Å². The van der Waals surface area contributed by atoms with Crippen molar-refractivity contribution < 1.29 is 8.42 Å². The topological polar surface area (TPSA) is 105 Å². The molecular formula is C27H31N7O2S. The van der Waals surface area contributed by atoms with Crippen molar-refractivity contribution in [1.29, 1.82) is 0 Å². The van der Waals surface area contributed by atoms with Gasteiger partial charge in [-0.2, -0.15) is 0 Å². The largest absolute Gasteiger partial charge is 0.334 e. The van der Waals surface area contributed by atoms with Crippen LogP contribution in [0.5, 0.6) is 0 Å². The fourth-order valence-corrected chi connectivity index (χ4v) is 4.66. The predicted molar refractivity (Wildman–Crippen MR) is 147 cm³/mol. The molecule has 2 aromatic carbocycles. The second kappa shape index (κ2) is 12.4. The lowest BCUT2D eigenvalue weighted by Crippen LogP contribution is -2.27. The van der Waals surface area contributed by atoms with Gasteiger partial charge < -0.3 is 14.8 Å². The Hall–Kier alpha value is -3.86. The van der Waals surface area contributed by atoms with Crippen molar-refractivity contribution in [2.75, 3.05) is 32.5 Å². The molecular weight excluding hydrogens is 486 g/mol. The molecule has 0 fully saturated rings. The molecule has 10 heteroatoms. The van der Waals surface area contributed by atoms with Crippen LogP contribution in [0.15, 0.2) is 90.5 Å². The number of rotatable bonds is 12. The van der Waals surface area contributed by atoms with Crippen LogP contribution in [-0.4, -0.2) is 60.0 Å². The number of hydrogen-bond donors (Lipinski definition) is 2. The molecule has 0 amide bonds. The Morgan fingerprint density at radius 2 is 1.78 bits per heavy atom. The fourth-order valence-electron chi connectivity index (χ4n) is 3.58. The highest BCUT2D eigenvalue weighted by Gasteiger charge is 2.13. The standard InChI is InChI=1S/C27H31N7O2S/c1-33(2)18-4-15-30-37(35,36)25-12-10-24(11-13-25)31-27-29-16-14-26(32-27)23-8-6-22(7-9-23)5-3-19-34-20-17-28-21-34/h3,5-14,16-17,20-21,30H,4,15,18-19H2,1-2H3,(H,29,31,32). The predicted octanol–water partition coefficient (Wildman–Crippen LogP) is 4.03. The second-order valence-corrected chi connectivity index (χ2v) is 10.5. The maximum Gasteiger partial charge on any atom is 0.240 e. The van der Waals surface area contributed by atoms with Crippen LogP contribution in [-0.2, 0) is 16.6 Å². The molecule has 0 aliphatic rings. The maximum absolute atomic E-state index is 12.5. The van der Waals surface area contributed by atoms with E-state index >= 15 is 0 Å². The van der Waals surface area contributed by atoms with Crippen molar-refractivity contribution in [3.05, 3.63) is 91.2 Å². The average molecular weight is 518 g/mol. The van der Waals surface area contributed by atoms with Gasteiger partial charge in [-0.15, -0.1) is 0 Å². The molecule has 0 atom stereocenters. The van der Waals surface area contributed by atoms with E-state index < -0.39 is 10.0 Å². The third-order valence-corrected chi connectivity index (χ3v) is 7.02. The first-order valence-corrected chi connectivity index (χ1v) is 13.4. The summed E-state index contributed by atoms with van der Waals surface area (Å²) in [6.45, 7) is 1.98. The highest BCUT2D eigenvalue weighted by atomic mass is 32.2. The van der Waals surface area contributed by atoms with Gasteiger partial charge in [-0.3, -0.25) is 0 Å². The molecule has 2 heterocycles. The van der Waals surface area contributed by atoms with Crippen LogP contribution in [0, 0.1) is 0 Å². The molecule has 0 aliphatic carbocycles. The van der Waals surface area contributed by atoms with E-state index in [0.717, 1.165) is 36.3 Å². The van der Waals surface area contributed by atoms with Crippen molar-refractivity contribution in [3.63, 3.8) is 0 Å². The molecule has 37 heavy (non-hydrogen) atoms. The van der Waals surface area contributed by atoms with Gasteiger partial charge in [-0.1, -0.05) is 36.4 Å². The van der Waals surface area contributed by atoms with Gasteiger partial charge in [-0.05, 0) is 63.0 Å². The minimum Gasteiger partial charge on any atom is -0.334 e. The van der Waals surface area contributed by atoms with E-state index in [1.165, 1.54) is 0 Å². The number of allylic oxidation sites excluding steroid dienone is 1. The van der Waals surface area contributed by atoms with E-state index in [9.17, 15) is 8.42 Å². The highest BCUT2D eigenvalue weighted by Crippen LogP contribution is 2.21. The Bertz CT molecular complexity index is 1400. The monoisotopic (exact) mass is 517 g/mol. The first-order chi connectivity index (χ1) is 17.9. The number of sulfonamides is 1. The second-order valence-electron chi connectivity index (χ2n) is 8.75. The summed E-state index contributed by atoms with van der Waals surface area (Å²) >= 11 is 0. The molecule has 0 bridgehead atoms. The lowest BCUT2D eigenvalue weighted by atomic mass is 10.1. The van der Waals surface area contributed by atoms with Gasteiger partial charge in [0.15, 0.2) is 0 Å². The molecule has 192 valence electrons. The first-order valence-electron chi connectivity index (χ1n) is 12.0. The molecule has 4 aromatic rings. The SMILES string of the molecule is CN(C)CCCNS(=O)(=O)c1ccc(Nc2nccc(-c3ccc(C=CCn4ccnc4)cc3)n2)cc1. The van der Waals surface area contributed by atoms with E-state index in [0.29, 0.717) is 18.2 Å². The summed E-state index contributed by atoms with van der Waals surface area (Å²) in [5.74, 6) is 0.430. The van der Waals surface area contributed by atoms with Crippen molar-refractivity contribution >= 4 is 27.7 Å². The first kappa shape index (κ1) is 26.2. The maximum atomic E-state index is 12.5. The third kappa shape index (κ3) is 7.81. The number of nitrogens with one attached hydrogen (secondary N) is 2. The van der Waals surface area contributed by atoms with E-state index in [4.69, 9.17) is 0 Å². The van der Waals surface area contributed by atoms with E-state index in [1.807, 2.05) is 60.1 Å². The molecule has 4 rings (SSSR count). The summed E-state index contributed by atoms with van der Waals surface area (Å²) in [6, 6.07) is 16.5. The van der Waals surface area contributed by atoms with Gasteiger partial charge in [0.05, 0.1) is 16.9 Å². The van der Waals surface area contributed by atoms with Gasteiger partial charge in [0, 0.05) is 42.9 Å². The van der Waals surface area contributed by atoms with Crippen molar-refractivity contribution in [3.8, 4) is 11.3 Å². The summed E-state index contributed by atoms with van der Waals surface area (Å²) in [5.41, 5.74) is 3.55. The minimum absolute atomic E-state index is 0.219.